The molecule has 1 N–H and O–H groups in total. The Bertz CT molecular complexity index is 887. The van der Waals surface area contributed by atoms with Gasteiger partial charge in [-0.05, 0) is 71.5 Å². The Morgan fingerprint density at radius 2 is 1.56 bits per heavy atom. The fourth-order valence-corrected chi connectivity index (χ4v) is 5.40. The Morgan fingerprint density at radius 3 is 2.06 bits per heavy atom. The molecule has 1 aromatic rings. The molecule has 0 amide bonds. The highest BCUT2D eigenvalue weighted by molar-refractivity contribution is 6.66. The molecule has 0 heterocycles. The standard InChI is InChI=1S/C26H41ClO8Si/c1-24(2,21(29)35-36(7,8)33-6)18-25(3,22(30)34-15-14-28)16-20(19-12-10-9-11-13-19)17-26(4,27)23(31)32-5/h9-13,20,28H,14-18H2,1-8H3. The number of carbonyl (C=O) groups excluding carboxylic acids is 3. The molecule has 0 saturated heterocycles. The monoisotopic (exact) mass is 544 g/mol. The Morgan fingerprint density at radius 1 is 0.972 bits per heavy atom. The van der Waals surface area contributed by atoms with Crippen molar-refractivity contribution < 1.29 is 37.8 Å². The number of hydrogen-bond acceptors (Lipinski definition) is 8. The van der Waals surface area contributed by atoms with Crippen LogP contribution in [0.1, 0.15) is 58.4 Å². The minimum absolute atomic E-state index is 0.0951. The molecule has 3 atom stereocenters. The number of benzene rings is 1. The van der Waals surface area contributed by atoms with Crippen LogP contribution in [0, 0.1) is 10.8 Å². The molecule has 0 radical (unpaired) electrons. The molecule has 3 unspecified atom stereocenters. The molecule has 0 fully saturated rings. The fraction of sp³-hybridized carbons (Fsp3) is 0.654. The minimum Gasteiger partial charge on any atom is -0.494 e. The lowest BCUT2D eigenvalue weighted by Gasteiger charge is -2.38. The van der Waals surface area contributed by atoms with Crippen molar-refractivity contribution in [3.05, 3.63) is 35.9 Å². The average molecular weight is 545 g/mol. The smallest absolute Gasteiger partial charge is 0.394 e. The summed E-state index contributed by atoms with van der Waals surface area (Å²) in [6, 6.07) is 9.41. The lowest BCUT2D eigenvalue weighted by atomic mass is 9.67. The fourth-order valence-electron chi connectivity index (χ4n) is 4.33. The second-order valence-corrected chi connectivity index (χ2v) is 14.9. The average Bonchev–Trinajstić information content (AvgIpc) is 2.81. The van der Waals surface area contributed by atoms with E-state index in [1.807, 2.05) is 30.3 Å². The van der Waals surface area contributed by atoms with Gasteiger partial charge in [0, 0.05) is 7.11 Å². The van der Waals surface area contributed by atoms with Crippen LogP contribution in [-0.4, -0.2) is 63.9 Å². The van der Waals surface area contributed by atoms with E-state index in [1.54, 1.807) is 40.8 Å². The van der Waals surface area contributed by atoms with Crippen molar-refractivity contribution in [1.82, 2.24) is 0 Å². The van der Waals surface area contributed by atoms with Gasteiger partial charge < -0.3 is 23.4 Å². The highest BCUT2D eigenvalue weighted by Gasteiger charge is 2.48. The molecule has 0 aliphatic carbocycles. The number of rotatable bonds is 14. The Kier molecular flexibility index (Phi) is 11.6. The molecule has 10 heteroatoms. The van der Waals surface area contributed by atoms with Gasteiger partial charge in [-0.25, -0.2) is 0 Å². The molecule has 1 rings (SSSR count). The number of hydrogen-bond donors (Lipinski definition) is 1. The van der Waals surface area contributed by atoms with E-state index in [4.69, 9.17) is 29.9 Å². The van der Waals surface area contributed by atoms with Crippen LogP contribution in [-0.2, 0) is 32.7 Å². The highest BCUT2D eigenvalue weighted by atomic mass is 35.5. The third kappa shape index (κ3) is 9.17. The number of ether oxygens (including phenoxy) is 2. The van der Waals surface area contributed by atoms with Crippen LogP contribution in [0.2, 0.25) is 13.1 Å². The van der Waals surface area contributed by atoms with Gasteiger partial charge in [-0.15, -0.1) is 11.6 Å². The van der Waals surface area contributed by atoms with Crippen molar-refractivity contribution in [2.45, 2.75) is 70.8 Å². The normalized spacial score (nSPS) is 16.3. The molecule has 0 saturated carbocycles. The third-order valence-corrected chi connectivity index (χ3v) is 8.21. The number of alkyl halides is 1. The van der Waals surface area contributed by atoms with Crippen LogP contribution in [0.15, 0.2) is 30.3 Å². The predicted octanol–water partition coefficient (Wildman–Crippen LogP) is 4.57. The van der Waals surface area contributed by atoms with Crippen molar-refractivity contribution in [1.29, 1.82) is 0 Å². The van der Waals surface area contributed by atoms with Gasteiger partial charge in [0.25, 0.3) is 5.97 Å². The molecule has 1 aromatic carbocycles. The topological polar surface area (TPSA) is 108 Å². The van der Waals surface area contributed by atoms with Gasteiger partial charge in [-0.1, -0.05) is 30.3 Å². The Balaban J connectivity index is 3.44. The third-order valence-electron chi connectivity index (χ3n) is 6.24. The zero-order chi connectivity index (χ0) is 27.8. The summed E-state index contributed by atoms with van der Waals surface area (Å²) in [7, 11) is 0.0969. The van der Waals surface area contributed by atoms with E-state index < -0.39 is 42.2 Å². The SMILES string of the molecule is COC(=O)C(C)(Cl)CC(CC(C)(CC(C)(C)C(=O)O[Si](C)(C)OC)C(=O)OCCO)c1ccccc1. The van der Waals surface area contributed by atoms with Gasteiger partial charge in [0.2, 0.25) is 0 Å². The van der Waals surface area contributed by atoms with Gasteiger partial charge >= 0.3 is 20.5 Å². The molecule has 36 heavy (non-hydrogen) atoms. The summed E-state index contributed by atoms with van der Waals surface area (Å²) in [5.74, 6) is -1.97. The maximum atomic E-state index is 13.4. The van der Waals surface area contributed by atoms with Crippen molar-refractivity contribution in [2.75, 3.05) is 27.4 Å². The Hall–Kier alpha value is -1.94. The van der Waals surface area contributed by atoms with Crippen LogP contribution in [0.4, 0.5) is 0 Å². The quantitative estimate of drug-likeness (QED) is 0.206. The summed E-state index contributed by atoms with van der Waals surface area (Å²) in [5, 5.41) is 9.23. The number of esters is 2. The maximum absolute atomic E-state index is 13.4. The second-order valence-electron chi connectivity index (χ2n) is 10.7. The molecule has 8 nitrogen and oxygen atoms in total. The van der Waals surface area contributed by atoms with E-state index in [1.165, 1.54) is 14.2 Å². The van der Waals surface area contributed by atoms with Crippen LogP contribution in [0.3, 0.4) is 0 Å². The van der Waals surface area contributed by atoms with Crippen molar-refractivity contribution >= 4 is 38.1 Å². The summed E-state index contributed by atoms with van der Waals surface area (Å²) in [5.41, 5.74) is -1.37. The summed E-state index contributed by atoms with van der Waals surface area (Å²) < 4.78 is 21.3. The molecule has 0 aliphatic rings. The van der Waals surface area contributed by atoms with Gasteiger partial charge in [-0.2, -0.15) is 0 Å². The van der Waals surface area contributed by atoms with E-state index in [0.29, 0.717) is 0 Å². The van der Waals surface area contributed by atoms with Crippen molar-refractivity contribution in [3.8, 4) is 0 Å². The molecular weight excluding hydrogens is 504 g/mol. The van der Waals surface area contributed by atoms with Crippen molar-refractivity contribution in [3.63, 3.8) is 0 Å². The van der Waals surface area contributed by atoms with E-state index in [-0.39, 0.29) is 38.4 Å². The van der Waals surface area contributed by atoms with E-state index in [9.17, 15) is 19.5 Å². The number of carbonyl (C=O) groups is 3. The maximum Gasteiger partial charge on any atom is 0.394 e. The highest BCUT2D eigenvalue weighted by Crippen LogP contribution is 2.46. The molecule has 0 aliphatic heterocycles. The zero-order valence-corrected chi connectivity index (χ0v) is 24.4. The largest absolute Gasteiger partial charge is 0.494 e. The predicted molar refractivity (Wildman–Crippen MR) is 140 cm³/mol. The van der Waals surface area contributed by atoms with Crippen LogP contribution < -0.4 is 0 Å². The first kappa shape index (κ1) is 32.1. The first-order chi connectivity index (χ1) is 16.5. The summed E-state index contributed by atoms with van der Waals surface area (Å²) in [6.45, 7) is 9.75. The van der Waals surface area contributed by atoms with Crippen LogP contribution >= 0.6 is 11.6 Å². The summed E-state index contributed by atoms with van der Waals surface area (Å²) in [6.07, 6.45) is 0.503. The number of aliphatic hydroxyl groups excluding tert-OH is 1. The van der Waals surface area contributed by atoms with E-state index in [0.717, 1.165) is 5.56 Å². The van der Waals surface area contributed by atoms with Crippen LogP contribution in [0.25, 0.3) is 0 Å². The molecule has 0 spiro atoms. The van der Waals surface area contributed by atoms with Gasteiger partial charge in [-0.3, -0.25) is 14.4 Å². The molecule has 0 bridgehead atoms. The molecule has 0 aromatic heterocycles. The lowest BCUT2D eigenvalue weighted by Crippen LogP contribution is -2.45. The second kappa shape index (κ2) is 13.0. The first-order valence-electron chi connectivity index (χ1n) is 11.9. The summed E-state index contributed by atoms with van der Waals surface area (Å²) in [4.78, 5) is 37.5. The minimum atomic E-state index is -2.67. The number of methoxy groups -OCH3 is 1. The molecular formula is C26H41ClO8Si. The van der Waals surface area contributed by atoms with Crippen LogP contribution in [0.5, 0.6) is 0 Å². The zero-order valence-electron chi connectivity index (χ0n) is 22.7. The summed E-state index contributed by atoms with van der Waals surface area (Å²) >= 11 is 6.59. The van der Waals surface area contributed by atoms with Gasteiger partial charge in [0.1, 0.15) is 11.5 Å². The van der Waals surface area contributed by atoms with Gasteiger partial charge in [0.15, 0.2) is 0 Å². The number of halogens is 1. The van der Waals surface area contributed by atoms with E-state index in [2.05, 4.69) is 0 Å². The van der Waals surface area contributed by atoms with Crippen molar-refractivity contribution in [2.24, 2.45) is 10.8 Å². The van der Waals surface area contributed by atoms with Gasteiger partial charge in [0.05, 0.1) is 24.5 Å². The molecule has 204 valence electrons. The van der Waals surface area contributed by atoms with E-state index >= 15 is 0 Å². The number of aliphatic hydroxyl groups is 1. The first-order valence-corrected chi connectivity index (χ1v) is 15.1. The lowest BCUT2D eigenvalue weighted by molar-refractivity contribution is -0.161. The Labute approximate surface area is 220 Å².